The van der Waals surface area contributed by atoms with Crippen LogP contribution in [0.15, 0.2) is 30.6 Å². The predicted octanol–water partition coefficient (Wildman–Crippen LogP) is 2.36. The molecule has 0 spiro atoms. The number of methoxy groups -OCH3 is 1. The molecule has 0 bridgehead atoms. The molecule has 0 unspecified atom stereocenters. The quantitative estimate of drug-likeness (QED) is 0.775. The van der Waals surface area contributed by atoms with E-state index in [1.54, 1.807) is 19.5 Å². The molecule has 30 heavy (non-hydrogen) atoms. The van der Waals surface area contributed by atoms with Crippen molar-refractivity contribution in [3.8, 4) is 5.75 Å². The van der Waals surface area contributed by atoms with E-state index < -0.39 is 0 Å². The summed E-state index contributed by atoms with van der Waals surface area (Å²) >= 11 is 0. The number of piperazine rings is 1. The van der Waals surface area contributed by atoms with E-state index in [-0.39, 0.29) is 5.91 Å². The number of carbonyl (C=O) groups excluding carboxylic acids is 1. The Morgan fingerprint density at radius 3 is 2.67 bits per heavy atom. The molecular formula is C23H29N5O2. The average Bonchev–Trinajstić information content (AvgIpc) is 2.77. The molecule has 5 rings (SSSR count). The molecule has 0 radical (unpaired) electrons. The van der Waals surface area contributed by atoms with E-state index >= 15 is 0 Å². The van der Waals surface area contributed by atoms with Gasteiger partial charge in [-0.2, -0.15) is 0 Å². The Kier molecular flexibility index (Phi) is 5.29. The first-order chi connectivity index (χ1) is 14.7. The van der Waals surface area contributed by atoms with Gasteiger partial charge in [-0.15, -0.1) is 0 Å². The molecule has 158 valence electrons. The van der Waals surface area contributed by atoms with Crippen LogP contribution in [0.2, 0.25) is 0 Å². The van der Waals surface area contributed by atoms with Crippen molar-refractivity contribution in [3.05, 3.63) is 47.4 Å². The largest absolute Gasteiger partial charge is 0.497 e. The molecule has 3 aliphatic rings. The number of amides is 1. The Balaban J connectivity index is 1.29. The van der Waals surface area contributed by atoms with Crippen molar-refractivity contribution < 1.29 is 9.53 Å². The minimum atomic E-state index is 0.0221. The SMILES string of the molecule is COc1cccc(C(=O)N2CCc3c(ncnc3N3CCN(C4CCC4)CC3)C2)c1. The molecule has 0 atom stereocenters. The normalized spacial score (nSPS) is 19.9. The van der Waals surface area contributed by atoms with Crippen LogP contribution in [-0.2, 0) is 13.0 Å². The van der Waals surface area contributed by atoms with Gasteiger partial charge < -0.3 is 14.5 Å². The van der Waals surface area contributed by atoms with Crippen LogP contribution < -0.4 is 9.64 Å². The molecule has 1 saturated carbocycles. The molecule has 7 nitrogen and oxygen atoms in total. The van der Waals surface area contributed by atoms with Gasteiger partial charge in [-0.25, -0.2) is 9.97 Å². The fraction of sp³-hybridized carbons (Fsp3) is 0.522. The van der Waals surface area contributed by atoms with Crippen molar-refractivity contribution in [3.63, 3.8) is 0 Å². The van der Waals surface area contributed by atoms with Crippen LogP contribution in [0.1, 0.15) is 40.9 Å². The Bertz CT molecular complexity index is 922. The van der Waals surface area contributed by atoms with Crippen molar-refractivity contribution in [2.45, 2.75) is 38.3 Å². The number of hydrogen-bond acceptors (Lipinski definition) is 6. The van der Waals surface area contributed by atoms with Crippen LogP contribution in [0.25, 0.3) is 0 Å². The third kappa shape index (κ3) is 3.62. The van der Waals surface area contributed by atoms with Crippen molar-refractivity contribution in [1.29, 1.82) is 0 Å². The second-order valence-electron chi connectivity index (χ2n) is 8.44. The summed E-state index contributed by atoms with van der Waals surface area (Å²) in [6, 6.07) is 8.15. The first kappa shape index (κ1) is 19.3. The molecule has 1 aliphatic carbocycles. The maximum atomic E-state index is 13.0. The molecule has 1 amide bonds. The molecule has 1 aromatic carbocycles. The van der Waals surface area contributed by atoms with Crippen LogP contribution in [0.5, 0.6) is 5.75 Å². The zero-order valence-corrected chi connectivity index (χ0v) is 17.6. The van der Waals surface area contributed by atoms with Gasteiger partial charge in [0.25, 0.3) is 5.91 Å². The lowest BCUT2D eigenvalue weighted by Crippen LogP contribution is -2.52. The van der Waals surface area contributed by atoms with E-state index in [1.165, 1.54) is 24.8 Å². The molecule has 2 fully saturated rings. The summed E-state index contributed by atoms with van der Waals surface area (Å²) in [5, 5.41) is 0. The van der Waals surface area contributed by atoms with E-state index in [2.05, 4.69) is 19.8 Å². The lowest BCUT2D eigenvalue weighted by atomic mass is 9.91. The summed E-state index contributed by atoms with van der Waals surface area (Å²) < 4.78 is 5.26. The third-order valence-electron chi connectivity index (χ3n) is 6.79. The number of carbonyl (C=O) groups is 1. The van der Waals surface area contributed by atoms with Gasteiger partial charge in [0.05, 0.1) is 19.3 Å². The number of benzene rings is 1. The second-order valence-corrected chi connectivity index (χ2v) is 8.44. The monoisotopic (exact) mass is 407 g/mol. The first-order valence-corrected chi connectivity index (χ1v) is 11.0. The minimum Gasteiger partial charge on any atom is -0.497 e. The minimum absolute atomic E-state index is 0.0221. The van der Waals surface area contributed by atoms with Crippen LogP contribution in [0, 0.1) is 0 Å². The standard InChI is InChI=1S/C23H29N5O2/c1-30-19-7-2-4-17(14-19)23(29)28-9-8-20-21(15-28)24-16-25-22(20)27-12-10-26(11-13-27)18-5-3-6-18/h2,4,7,14,16,18H,3,5-6,8-13,15H2,1H3. The fourth-order valence-corrected chi connectivity index (χ4v) is 4.77. The maximum absolute atomic E-state index is 13.0. The van der Waals surface area contributed by atoms with Gasteiger partial charge >= 0.3 is 0 Å². The van der Waals surface area contributed by atoms with Crippen LogP contribution in [-0.4, -0.2) is 71.6 Å². The van der Waals surface area contributed by atoms with Gasteiger partial charge in [0, 0.05) is 49.9 Å². The summed E-state index contributed by atoms with van der Waals surface area (Å²) in [6.45, 7) is 5.49. The van der Waals surface area contributed by atoms with E-state index in [1.807, 2.05) is 23.1 Å². The van der Waals surface area contributed by atoms with Gasteiger partial charge in [-0.05, 0) is 37.5 Å². The van der Waals surface area contributed by atoms with Gasteiger partial charge in [-0.3, -0.25) is 9.69 Å². The molecule has 3 heterocycles. The highest BCUT2D eigenvalue weighted by Crippen LogP contribution is 2.30. The molecular weight excluding hydrogens is 378 g/mol. The van der Waals surface area contributed by atoms with E-state index in [0.717, 1.165) is 50.2 Å². The lowest BCUT2D eigenvalue weighted by Gasteiger charge is -2.43. The number of anilines is 1. The summed E-state index contributed by atoms with van der Waals surface area (Å²) in [5.41, 5.74) is 2.84. The van der Waals surface area contributed by atoms with E-state index in [9.17, 15) is 4.79 Å². The van der Waals surface area contributed by atoms with Gasteiger partial charge in [0.15, 0.2) is 0 Å². The van der Waals surface area contributed by atoms with E-state index in [4.69, 9.17) is 4.74 Å². The van der Waals surface area contributed by atoms with E-state index in [0.29, 0.717) is 24.4 Å². The number of hydrogen-bond donors (Lipinski definition) is 0. The number of fused-ring (bicyclic) bond motifs is 1. The van der Waals surface area contributed by atoms with Crippen molar-refractivity contribution in [2.75, 3.05) is 44.7 Å². The molecule has 7 heteroatoms. The third-order valence-corrected chi connectivity index (χ3v) is 6.79. The molecule has 1 saturated heterocycles. The number of aromatic nitrogens is 2. The van der Waals surface area contributed by atoms with Gasteiger partial charge in [0.2, 0.25) is 0 Å². The van der Waals surface area contributed by atoms with Gasteiger partial charge in [-0.1, -0.05) is 12.5 Å². The zero-order chi connectivity index (χ0) is 20.5. The second kappa shape index (κ2) is 8.22. The van der Waals surface area contributed by atoms with Crippen molar-refractivity contribution in [1.82, 2.24) is 19.8 Å². The van der Waals surface area contributed by atoms with Crippen LogP contribution in [0.4, 0.5) is 5.82 Å². The average molecular weight is 408 g/mol. The smallest absolute Gasteiger partial charge is 0.254 e. The molecule has 1 aromatic heterocycles. The summed E-state index contributed by atoms with van der Waals surface area (Å²) in [7, 11) is 1.62. The summed E-state index contributed by atoms with van der Waals surface area (Å²) in [5.74, 6) is 1.79. The Morgan fingerprint density at radius 1 is 1.10 bits per heavy atom. The predicted molar refractivity (Wildman–Crippen MR) is 115 cm³/mol. The summed E-state index contributed by atoms with van der Waals surface area (Å²) in [4.78, 5) is 29.1. The molecule has 0 N–H and O–H groups in total. The number of nitrogens with zero attached hydrogens (tertiary/aromatic N) is 5. The Hall–Kier alpha value is -2.67. The maximum Gasteiger partial charge on any atom is 0.254 e. The molecule has 2 aromatic rings. The van der Waals surface area contributed by atoms with Crippen molar-refractivity contribution >= 4 is 11.7 Å². The van der Waals surface area contributed by atoms with Crippen LogP contribution >= 0.6 is 0 Å². The Morgan fingerprint density at radius 2 is 1.93 bits per heavy atom. The topological polar surface area (TPSA) is 61.8 Å². The highest BCUT2D eigenvalue weighted by molar-refractivity contribution is 5.94. The fourth-order valence-electron chi connectivity index (χ4n) is 4.77. The highest BCUT2D eigenvalue weighted by atomic mass is 16.5. The Labute approximate surface area is 177 Å². The zero-order valence-electron chi connectivity index (χ0n) is 17.6. The highest BCUT2D eigenvalue weighted by Gasteiger charge is 2.31. The first-order valence-electron chi connectivity index (χ1n) is 11.0. The lowest BCUT2D eigenvalue weighted by molar-refractivity contribution is 0.0731. The number of ether oxygens (including phenoxy) is 1. The van der Waals surface area contributed by atoms with Gasteiger partial charge in [0.1, 0.15) is 17.9 Å². The number of rotatable bonds is 4. The molecule has 2 aliphatic heterocycles. The summed E-state index contributed by atoms with van der Waals surface area (Å²) in [6.07, 6.45) is 6.56. The van der Waals surface area contributed by atoms with Crippen molar-refractivity contribution in [2.24, 2.45) is 0 Å². The van der Waals surface area contributed by atoms with Crippen LogP contribution in [0.3, 0.4) is 0 Å².